The first-order chi connectivity index (χ1) is 12.4. The van der Waals surface area contributed by atoms with E-state index in [1.165, 1.54) is 0 Å². The summed E-state index contributed by atoms with van der Waals surface area (Å²) in [6.45, 7) is 3.42. The van der Waals surface area contributed by atoms with Crippen molar-refractivity contribution < 1.29 is 23.8 Å². The van der Waals surface area contributed by atoms with Gasteiger partial charge in [0.05, 0.1) is 5.39 Å². The fourth-order valence-corrected chi connectivity index (χ4v) is 3.27. The van der Waals surface area contributed by atoms with E-state index in [9.17, 15) is 19.5 Å². The van der Waals surface area contributed by atoms with E-state index in [0.29, 0.717) is 23.3 Å². The molecule has 0 aliphatic heterocycles. The van der Waals surface area contributed by atoms with Crippen molar-refractivity contribution in [2.24, 2.45) is 0 Å². The highest BCUT2D eigenvalue weighted by atomic mass is 16.5. The van der Waals surface area contributed by atoms with Crippen LogP contribution >= 0.6 is 0 Å². The molecule has 1 aliphatic rings. The van der Waals surface area contributed by atoms with E-state index in [1.54, 1.807) is 13.0 Å². The highest BCUT2D eigenvalue weighted by molar-refractivity contribution is 5.89. The fraction of sp³-hybridized carbons (Fsp3) is 0.421. The number of carboxylic acid groups (broad SMARTS) is 1. The first-order valence-electron chi connectivity index (χ1n) is 8.60. The van der Waals surface area contributed by atoms with Crippen LogP contribution in [0.4, 0.5) is 0 Å². The molecule has 0 saturated heterocycles. The van der Waals surface area contributed by atoms with E-state index in [1.807, 2.05) is 13.0 Å². The van der Waals surface area contributed by atoms with Crippen LogP contribution < -0.4 is 20.8 Å². The number of aliphatic carboxylic acids is 1. The molecule has 0 spiro atoms. The van der Waals surface area contributed by atoms with Crippen LogP contribution in [0.5, 0.6) is 5.75 Å². The molecule has 1 aromatic carbocycles. The normalized spacial score (nSPS) is 14.1. The van der Waals surface area contributed by atoms with Crippen LogP contribution in [0.3, 0.4) is 0 Å². The second-order valence-electron chi connectivity index (χ2n) is 6.51. The third kappa shape index (κ3) is 3.56. The zero-order chi connectivity index (χ0) is 18.8. The number of carboxylic acids is 1. The Morgan fingerprint density at radius 2 is 2.04 bits per heavy atom. The summed E-state index contributed by atoms with van der Waals surface area (Å²) in [7, 11) is 0. The molecule has 3 rings (SSSR count). The lowest BCUT2D eigenvalue weighted by Gasteiger charge is -2.18. The Balaban J connectivity index is 1.90. The summed E-state index contributed by atoms with van der Waals surface area (Å²) in [5, 5.41) is 13.7. The second kappa shape index (κ2) is 7.19. The van der Waals surface area contributed by atoms with Gasteiger partial charge in [-0.15, -0.1) is 0 Å². The van der Waals surface area contributed by atoms with E-state index in [2.05, 4.69) is 5.32 Å². The van der Waals surface area contributed by atoms with Crippen LogP contribution in [0.15, 0.2) is 21.3 Å². The van der Waals surface area contributed by atoms with Gasteiger partial charge in [0.15, 0.2) is 6.10 Å². The van der Waals surface area contributed by atoms with Crippen molar-refractivity contribution in [1.29, 1.82) is 0 Å². The van der Waals surface area contributed by atoms with E-state index >= 15 is 0 Å². The van der Waals surface area contributed by atoms with Gasteiger partial charge in [-0.3, -0.25) is 4.79 Å². The minimum Gasteiger partial charge on any atom is -0.550 e. The van der Waals surface area contributed by atoms with Gasteiger partial charge in [-0.25, -0.2) is 4.79 Å². The molecule has 1 atom stereocenters. The molecule has 0 saturated carbocycles. The number of amides is 1. The number of hydrogen-bond acceptors (Lipinski definition) is 6. The Hall–Kier alpha value is -2.83. The van der Waals surface area contributed by atoms with Crippen LogP contribution in [0.25, 0.3) is 11.0 Å². The van der Waals surface area contributed by atoms with E-state index in [4.69, 9.17) is 9.15 Å². The van der Waals surface area contributed by atoms with Gasteiger partial charge in [-0.2, -0.15) is 0 Å². The molecule has 0 bridgehead atoms. The molecular formula is C19H20NO6-. The van der Waals surface area contributed by atoms with Crippen molar-refractivity contribution in [2.75, 3.05) is 6.54 Å². The van der Waals surface area contributed by atoms with Crippen molar-refractivity contribution in [3.05, 3.63) is 39.2 Å². The van der Waals surface area contributed by atoms with E-state index in [-0.39, 0.29) is 18.6 Å². The Morgan fingerprint density at radius 1 is 1.31 bits per heavy atom. The first kappa shape index (κ1) is 18.0. The van der Waals surface area contributed by atoms with Crippen LogP contribution in [-0.4, -0.2) is 24.5 Å². The van der Waals surface area contributed by atoms with Crippen molar-refractivity contribution in [2.45, 2.75) is 45.6 Å². The van der Waals surface area contributed by atoms with Crippen molar-refractivity contribution in [3.63, 3.8) is 0 Å². The molecule has 138 valence electrons. The first-order valence-corrected chi connectivity index (χ1v) is 8.60. The topological polar surface area (TPSA) is 109 Å². The monoisotopic (exact) mass is 358 g/mol. The molecule has 1 aromatic heterocycles. The Bertz CT molecular complexity index is 930. The summed E-state index contributed by atoms with van der Waals surface area (Å²) in [6, 6.07) is 3.60. The average molecular weight is 358 g/mol. The number of benzene rings is 1. The van der Waals surface area contributed by atoms with E-state index < -0.39 is 18.0 Å². The summed E-state index contributed by atoms with van der Waals surface area (Å²) in [4.78, 5) is 34.7. The summed E-state index contributed by atoms with van der Waals surface area (Å²) in [5.74, 6) is -1.16. The molecule has 0 unspecified atom stereocenters. The number of carbonyl (C=O) groups excluding carboxylic acids is 2. The SMILES string of the molecule is Cc1cc(O[C@@H](C)C(=O)NCCC(=O)[O-])c2c3c(c(=O)oc2c1)CCC3. The molecule has 7 heteroatoms. The maximum absolute atomic E-state index is 12.1. The average Bonchev–Trinajstić information content (AvgIpc) is 3.03. The fourth-order valence-electron chi connectivity index (χ4n) is 3.27. The van der Waals surface area contributed by atoms with Crippen LogP contribution in [0, 0.1) is 6.92 Å². The summed E-state index contributed by atoms with van der Waals surface area (Å²) in [5.41, 5.74) is 2.59. The zero-order valence-electron chi connectivity index (χ0n) is 14.7. The van der Waals surface area contributed by atoms with Crippen LogP contribution in [0.2, 0.25) is 0 Å². The molecule has 2 aromatic rings. The molecule has 1 N–H and O–H groups in total. The standard InChI is InChI=1S/C19H21NO6/c1-10-8-14(25-11(2)18(23)20-7-6-16(21)22)17-12-4-3-5-13(12)19(24)26-15(17)9-10/h8-9,11H,3-7H2,1-2H3,(H,20,23)(H,21,22)/p-1/t11-/m0/s1. The highest BCUT2D eigenvalue weighted by Gasteiger charge is 2.24. The number of fused-ring (bicyclic) bond motifs is 3. The number of rotatable bonds is 6. The lowest BCUT2D eigenvalue weighted by Crippen LogP contribution is -2.38. The van der Waals surface area contributed by atoms with Gasteiger partial charge in [-0.1, -0.05) is 0 Å². The largest absolute Gasteiger partial charge is 0.550 e. The van der Waals surface area contributed by atoms with E-state index in [0.717, 1.165) is 29.4 Å². The van der Waals surface area contributed by atoms with Crippen molar-refractivity contribution in [1.82, 2.24) is 5.32 Å². The Kier molecular flexibility index (Phi) is 4.97. The highest BCUT2D eigenvalue weighted by Crippen LogP contribution is 2.35. The molecule has 26 heavy (non-hydrogen) atoms. The summed E-state index contributed by atoms with van der Waals surface area (Å²) in [6.07, 6.45) is 1.24. The van der Waals surface area contributed by atoms with Crippen molar-refractivity contribution in [3.8, 4) is 5.75 Å². The lowest BCUT2D eigenvalue weighted by atomic mass is 10.0. The zero-order valence-corrected chi connectivity index (χ0v) is 14.7. The Labute approximate surface area is 150 Å². The molecule has 0 radical (unpaired) electrons. The van der Waals surface area contributed by atoms with Gasteiger partial charge in [-0.05, 0) is 56.4 Å². The van der Waals surface area contributed by atoms with Crippen LogP contribution in [-0.2, 0) is 22.4 Å². The third-order valence-electron chi connectivity index (χ3n) is 4.48. The predicted molar refractivity (Wildman–Crippen MR) is 92.0 cm³/mol. The number of ether oxygens (including phenoxy) is 1. The molecule has 1 heterocycles. The molecule has 7 nitrogen and oxygen atoms in total. The summed E-state index contributed by atoms with van der Waals surface area (Å²) >= 11 is 0. The maximum atomic E-state index is 12.1. The molecular weight excluding hydrogens is 338 g/mol. The minimum absolute atomic E-state index is 0.0201. The third-order valence-corrected chi connectivity index (χ3v) is 4.48. The molecule has 1 amide bonds. The van der Waals surface area contributed by atoms with Gasteiger partial charge < -0.3 is 24.4 Å². The van der Waals surface area contributed by atoms with Crippen molar-refractivity contribution >= 4 is 22.8 Å². The predicted octanol–water partition coefficient (Wildman–Crippen LogP) is 0.614. The maximum Gasteiger partial charge on any atom is 0.339 e. The Morgan fingerprint density at radius 3 is 2.77 bits per heavy atom. The number of carbonyl (C=O) groups is 2. The lowest BCUT2D eigenvalue weighted by molar-refractivity contribution is -0.305. The second-order valence-corrected chi connectivity index (χ2v) is 6.51. The smallest absolute Gasteiger partial charge is 0.339 e. The molecule has 1 aliphatic carbocycles. The number of hydrogen-bond donors (Lipinski definition) is 1. The van der Waals surface area contributed by atoms with Gasteiger partial charge in [0.1, 0.15) is 11.3 Å². The quantitative estimate of drug-likeness (QED) is 0.758. The van der Waals surface area contributed by atoms with Gasteiger partial charge >= 0.3 is 5.63 Å². The number of aryl methyl sites for hydroxylation is 2. The van der Waals surface area contributed by atoms with Gasteiger partial charge in [0, 0.05) is 24.5 Å². The number of nitrogens with one attached hydrogen (secondary N) is 1. The van der Waals surface area contributed by atoms with Gasteiger partial charge in [0.2, 0.25) is 0 Å². The van der Waals surface area contributed by atoms with Gasteiger partial charge in [0.25, 0.3) is 5.91 Å². The molecule has 0 fully saturated rings. The summed E-state index contributed by atoms with van der Waals surface area (Å²) < 4.78 is 11.3. The van der Waals surface area contributed by atoms with Crippen LogP contribution in [0.1, 0.15) is 36.5 Å². The minimum atomic E-state index is -1.23.